The highest BCUT2D eigenvalue weighted by Gasteiger charge is 2.23. The van der Waals surface area contributed by atoms with E-state index in [1.165, 1.54) is 83.5 Å². The fourth-order valence-corrected chi connectivity index (χ4v) is 4.17. The number of aliphatic hydroxyl groups excluding tert-OH is 1. The van der Waals surface area contributed by atoms with Crippen molar-refractivity contribution in [1.82, 2.24) is 10.2 Å². The molecule has 0 bridgehead atoms. The normalized spacial score (nSPS) is 16.4. The Morgan fingerprint density at radius 1 is 0.931 bits per heavy atom. The minimum Gasteiger partial charge on any atom is -0.378 e. The summed E-state index contributed by atoms with van der Waals surface area (Å²) in [4.78, 5) is 14.5. The average Bonchev–Trinajstić information content (AvgIpc) is 3.23. The van der Waals surface area contributed by atoms with Crippen LogP contribution in [-0.2, 0) is 4.79 Å². The van der Waals surface area contributed by atoms with Crippen LogP contribution in [0.2, 0.25) is 0 Å². The number of rotatable bonds is 18. The van der Waals surface area contributed by atoms with Crippen LogP contribution in [0, 0.1) is 12.3 Å². The minimum absolute atomic E-state index is 0.0200. The molecule has 1 aliphatic heterocycles. The molecule has 1 rings (SSSR count). The van der Waals surface area contributed by atoms with Gasteiger partial charge in [0.05, 0.1) is 6.04 Å². The second-order valence-corrected chi connectivity index (χ2v) is 8.79. The largest absolute Gasteiger partial charge is 0.378 e. The van der Waals surface area contributed by atoms with Gasteiger partial charge in [-0.1, -0.05) is 89.9 Å². The van der Waals surface area contributed by atoms with Gasteiger partial charge in [-0.15, -0.1) is 6.42 Å². The van der Waals surface area contributed by atoms with Crippen molar-refractivity contribution in [3.63, 3.8) is 0 Å². The Balaban J connectivity index is 1.98. The summed E-state index contributed by atoms with van der Waals surface area (Å²) in [6, 6.07) is -0.354. The minimum atomic E-state index is -0.911. The molecule has 2 atom stereocenters. The first kappa shape index (κ1) is 26.0. The van der Waals surface area contributed by atoms with Crippen molar-refractivity contribution < 1.29 is 9.90 Å². The Labute approximate surface area is 180 Å². The zero-order valence-corrected chi connectivity index (χ0v) is 19.0. The van der Waals surface area contributed by atoms with Crippen molar-refractivity contribution in [2.75, 3.05) is 19.6 Å². The van der Waals surface area contributed by atoms with Gasteiger partial charge in [-0.05, 0) is 32.4 Å². The molecule has 1 saturated heterocycles. The number of likely N-dealkylation sites (tertiary alicyclic amines) is 1. The number of carbonyl (C=O) groups excluding carboxylic acids is 1. The van der Waals surface area contributed by atoms with E-state index in [1.807, 2.05) is 0 Å². The molecule has 0 spiro atoms. The van der Waals surface area contributed by atoms with Crippen LogP contribution in [-0.4, -0.2) is 47.7 Å². The fraction of sp³-hybridized carbons (Fsp3) is 0.880. The SMILES string of the molecule is C#C[C@@H](O)[C@@H](CN1CCCC1)NC(=O)CCCCCCCCCCCCCCC. The van der Waals surface area contributed by atoms with Crippen molar-refractivity contribution >= 4 is 5.91 Å². The van der Waals surface area contributed by atoms with E-state index in [-0.39, 0.29) is 11.9 Å². The zero-order valence-electron chi connectivity index (χ0n) is 19.0. The topological polar surface area (TPSA) is 52.6 Å². The smallest absolute Gasteiger partial charge is 0.220 e. The number of hydrogen-bond donors (Lipinski definition) is 2. The number of amides is 1. The van der Waals surface area contributed by atoms with Gasteiger partial charge in [-0.3, -0.25) is 4.79 Å². The summed E-state index contributed by atoms with van der Waals surface area (Å²) < 4.78 is 0. The summed E-state index contributed by atoms with van der Waals surface area (Å²) in [5.74, 6) is 2.40. The summed E-state index contributed by atoms with van der Waals surface area (Å²) >= 11 is 0. The lowest BCUT2D eigenvalue weighted by atomic mass is 10.0. The Kier molecular flexibility index (Phi) is 15.9. The maximum atomic E-state index is 12.2. The zero-order chi connectivity index (χ0) is 21.2. The number of nitrogens with zero attached hydrogens (tertiary/aromatic N) is 1. The van der Waals surface area contributed by atoms with Gasteiger partial charge in [0.25, 0.3) is 0 Å². The summed E-state index contributed by atoms with van der Waals surface area (Å²) in [7, 11) is 0. The molecule has 1 fully saturated rings. The number of nitrogens with one attached hydrogen (secondary N) is 1. The quantitative estimate of drug-likeness (QED) is 0.248. The third-order valence-corrected chi connectivity index (χ3v) is 6.06. The van der Waals surface area contributed by atoms with Gasteiger partial charge < -0.3 is 15.3 Å². The number of unbranched alkanes of at least 4 members (excludes halogenated alkanes) is 12. The molecule has 0 aromatic carbocycles. The molecule has 2 N–H and O–H groups in total. The highest BCUT2D eigenvalue weighted by molar-refractivity contribution is 5.76. The molecule has 1 aliphatic rings. The number of aliphatic hydroxyl groups is 1. The van der Waals surface area contributed by atoms with Gasteiger partial charge in [0.2, 0.25) is 5.91 Å². The summed E-state index contributed by atoms with van der Waals surface area (Å²) in [5, 5.41) is 13.0. The van der Waals surface area contributed by atoms with Crippen LogP contribution >= 0.6 is 0 Å². The lowest BCUT2D eigenvalue weighted by Crippen LogP contribution is -2.49. The molecule has 0 aliphatic carbocycles. The van der Waals surface area contributed by atoms with E-state index in [0.717, 1.165) is 25.9 Å². The first-order valence-electron chi connectivity index (χ1n) is 12.3. The molecule has 0 saturated carbocycles. The summed E-state index contributed by atoms with van der Waals surface area (Å²) in [6.45, 7) is 4.98. The molecular weight excluding hydrogens is 360 g/mol. The number of terminal acetylenes is 1. The van der Waals surface area contributed by atoms with Crippen molar-refractivity contribution in [1.29, 1.82) is 0 Å². The first-order chi connectivity index (χ1) is 14.2. The maximum Gasteiger partial charge on any atom is 0.220 e. The standard InChI is InChI=1S/C25H46N2O2/c1-3-5-6-7-8-9-10-11-12-13-14-15-16-19-25(29)26-23(24(28)4-2)22-27-20-17-18-21-27/h2,23-24,28H,3,5-22H2,1H3,(H,26,29)/t23-,24-/m1/s1. The Hall–Kier alpha value is -1.05. The van der Waals surface area contributed by atoms with Crippen LogP contribution in [0.4, 0.5) is 0 Å². The predicted molar refractivity (Wildman–Crippen MR) is 123 cm³/mol. The van der Waals surface area contributed by atoms with Gasteiger partial charge in [0.15, 0.2) is 0 Å². The van der Waals surface area contributed by atoms with E-state index in [4.69, 9.17) is 6.42 Å². The third-order valence-electron chi connectivity index (χ3n) is 6.06. The first-order valence-corrected chi connectivity index (χ1v) is 12.3. The lowest BCUT2D eigenvalue weighted by molar-refractivity contribution is -0.122. The van der Waals surface area contributed by atoms with Crippen LogP contribution in [0.1, 0.15) is 110 Å². The van der Waals surface area contributed by atoms with Crippen LogP contribution in [0.25, 0.3) is 0 Å². The van der Waals surface area contributed by atoms with E-state index in [2.05, 4.69) is 23.1 Å². The van der Waals surface area contributed by atoms with Crippen LogP contribution < -0.4 is 5.32 Å². The van der Waals surface area contributed by atoms with Gasteiger partial charge >= 0.3 is 0 Å². The van der Waals surface area contributed by atoms with Crippen molar-refractivity contribution in [2.24, 2.45) is 0 Å². The highest BCUT2D eigenvalue weighted by Crippen LogP contribution is 2.13. The molecule has 0 unspecified atom stereocenters. The van der Waals surface area contributed by atoms with Crippen molar-refractivity contribution in [2.45, 2.75) is 122 Å². The summed E-state index contributed by atoms with van der Waals surface area (Å²) in [6.07, 6.45) is 24.3. The Morgan fingerprint density at radius 2 is 1.41 bits per heavy atom. The van der Waals surface area contributed by atoms with Crippen LogP contribution in [0.5, 0.6) is 0 Å². The summed E-state index contributed by atoms with van der Waals surface area (Å²) in [5.41, 5.74) is 0. The van der Waals surface area contributed by atoms with Gasteiger partial charge in [0.1, 0.15) is 6.10 Å². The van der Waals surface area contributed by atoms with Crippen molar-refractivity contribution in [3.8, 4) is 12.3 Å². The lowest BCUT2D eigenvalue weighted by Gasteiger charge is -2.26. The van der Waals surface area contributed by atoms with Gasteiger partial charge in [-0.2, -0.15) is 0 Å². The van der Waals surface area contributed by atoms with Crippen molar-refractivity contribution in [3.05, 3.63) is 0 Å². The highest BCUT2D eigenvalue weighted by atomic mass is 16.3. The maximum absolute atomic E-state index is 12.2. The molecule has 1 amide bonds. The number of carbonyl (C=O) groups is 1. The molecule has 29 heavy (non-hydrogen) atoms. The van der Waals surface area contributed by atoms with Crippen LogP contribution in [0.3, 0.4) is 0 Å². The van der Waals surface area contributed by atoms with E-state index >= 15 is 0 Å². The predicted octanol–water partition coefficient (Wildman–Crippen LogP) is 5.04. The molecule has 1 heterocycles. The van der Waals surface area contributed by atoms with Gasteiger partial charge in [0, 0.05) is 13.0 Å². The van der Waals surface area contributed by atoms with E-state index in [1.54, 1.807) is 0 Å². The van der Waals surface area contributed by atoms with Crippen LogP contribution in [0.15, 0.2) is 0 Å². The monoisotopic (exact) mass is 406 g/mol. The molecule has 4 nitrogen and oxygen atoms in total. The second-order valence-electron chi connectivity index (χ2n) is 8.79. The molecule has 0 radical (unpaired) electrons. The molecular formula is C25H46N2O2. The van der Waals surface area contributed by atoms with E-state index in [9.17, 15) is 9.90 Å². The molecule has 0 aromatic heterocycles. The average molecular weight is 407 g/mol. The van der Waals surface area contributed by atoms with Gasteiger partial charge in [-0.25, -0.2) is 0 Å². The van der Waals surface area contributed by atoms with E-state index in [0.29, 0.717) is 13.0 Å². The molecule has 0 aromatic rings. The third kappa shape index (κ3) is 13.7. The molecule has 168 valence electrons. The Morgan fingerprint density at radius 3 is 1.90 bits per heavy atom. The second kappa shape index (κ2) is 17.8. The number of hydrogen-bond acceptors (Lipinski definition) is 3. The molecule has 4 heteroatoms. The fourth-order valence-electron chi connectivity index (χ4n) is 4.17. The van der Waals surface area contributed by atoms with E-state index < -0.39 is 6.10 Å². The Bertz CT molecular complexity index is 441.